The van der Waals surface area contributed by atoms with Crippen LogP contribution in [0.4, 0.5) is 20.3 Å². The van der Waals surface area contributed by atoms with Crippen molar-refractivity contribution in [3.63, 3.8) is 0 Å². The van der Waals surface area contributed by atoms with Crippen LogP contribution in [-0.2, 0) is 19.6 Å². The fourth-order valence-corrected chi connectivity index (χ4v) is 5.90. The van der Waals surface area contributed by atoms with Crippen molar-refractivity contribution in [3.05, 3.63) is 78.8 Å². The monoisotopic (exact) mass is 610 g/mol. The Kier molecular flexibility index (Phi) is 8.50. The summed E-state index contributed by atoms with van der Waals surface area (Å²) in [5.41, 5.74) is 2.25. The largest absolute Gasteiger partial charge is 0.480 e. The summed E-state index contributed by atoms with van der Waals surface area (Å²) in [5.74, 6) is -1.63. The van der Waals surface area contributed by atoms with Crippen molar-refractivity contribution in [1.29, 1.82) is 0 Å². The van der Waals surface area contributed by atoms with Crippen molar-refractivity contribution in [2.75, 3.05) is 56.6 Å². The van der Waals surface area contributed by atoms with E-state index in [-0.39, 0.29) is 24.1 Å². The number of carbonyl (C=O) groups is 1. The van der Waals surface area contributed by atoms with Gasteiger partial charge in [0.2, 0.25) is 5.88 Å². The normalized spacial score (nSPS) is 13.7. The smallest absolute Gasteiger partial charge is 0.264 e. The van der Waals surface area contributed by atoms with Gasteiger partial charge in [0.15, 0.2) is 0 Å². The van der Waals surface area contributed by atoms with Gasteiger partial charge in [-0.25, -0.2) is 32.2 Å². The number of nitrogens with zero attached hydrogens (tertiary/aromatic N) is 5. The SMILES string of the molecule is C=C(COC)C(=O)N1CCN(c2ncnc3ccc(-c4cnc(OC)c(NS(=O)(=O)c5ccc(F)cc5F)c4)cc23)CC1. The Morgan fingerprint density at radius 1 is 1.00 bits per heavy atom. The molecule has 1 aliphatic heterocycles. The van der Waals surface area contributed by atoms with Gasteiger partial charge in [-0.15, -0.1) is 0 Å². The number of halogens is 2. The Morgan fingerprint density at radius 2 is 1.77 bits per heavy atom. The average molecular weight is 611 g/mol. The van der Waals surface area contributed by atoms with Crippen LogP contribution in [-0.4, -0.2) is 81.2 Å². The number of ether oxygens (including phenoxy) is 2. The van der Waals surface area contributed by atoms with Crippen molar-refractivity contribution in [3.8, 4) is 17.0 Å². The molecule has 1 saturated heterocycles. The van der Waals surface area contributed by atoms with Crippen LogP contribution in [0.15, 0.2) is 72.0 Å². The number of benzene rings is 2. The van der Waals surface area contributed by atoms with Gasteiger partial charge in [-0.05, 0) is 35.9 Å². The van der Waals surface area contributed by atoms with Gasteiger partial charge < -0.3 is 19.3 Å². The van der Waals surface area contributed by atoms with E-state index in [9.17, 15) is 22.0 Å². The Labute approximate surface area is 246 Å². The molecule has 2 aromatic heterocycles. The molecule has 5 rings (SSSR count). The van der Waals surface area contributed by atoms with Crippen molar-refractivity contribution >= 4 is 38.3 Å². The molecule has 14 heteroatoms. The molecule has 4 aromatic rings. The molecular weight excluding hydrogens is 582 g/mol. The summed E-state index contributed by atoms with van der Waals surface area (Å²) in [6.45, 7) is 6.01. The van der Waals surface area contributed by atoms with Crippen molar-refractivity contribution in [1.82, 2.24) is 19.9 Å². The Balaban J connectivity index is 1.44. The van der Waals surface area contributed by atoms with Gasteiger partial charge in [-0.3, -0.25) is 9.52 Å². The predicted octanol–water partition coefficient (Wildman–Crippen LogP) is 3.63. The van der Waals surface area contributed by atoms with Crippen LogP contribution >= 0.6 is 0 Å². The third-order valence-electron chi connectivity index (χ3n) is 6.91. The highest BCUT2D eigenvalue weighted by molar-refractivity contribution is 7.92. The lowest BCUT2D eigenvalue weighted by atomic mass is 10.0. The van der Waals surface area contributed by atoms with E-state index in [0.717, 1.165) is 17.5 Å². The van der Waals surface area contributed by atoms with Gasteiger partial charge in [0, 0.05) is 62.1 Å². The van der Waals surface area contributed by atoms with Crippen LogP contribution in [0.3, 0.4) is 0 Å². The Hall–Kier alpha value is -4.69. The number of rotatable bonds is 9. The zero-order valence-electron chi connectivity index (χ0n) is 23.4. The fourth-order valence-electron chi connectivity index (χ4n) is 4.79. The standard InChI is InChI=1S/C29H28F2N6O5S/c1-18(16-41-2)29(38)37-10-8-36(9-11-37)27-22-12-19(4-6-24(22)33-17-34-27)20-13-25(28(42-3)32-15-20)35-43(39,40)26-7-5-21(30)14-23(26)31/h4-7,12-15,17,35H,1,8-11,16H2,2-3H3. The number of nitrogens with one attached hydrogen (secondary N) is 1. The van der Waals surface area contributed by atoms with Crippen molar-refractivity contribution in [2.45, 2.75) is 4.90 Å². The predicted molar refractivity (Wildman–Crippen MR) is 156 cm³/mol. The number of sulfonamides is 1. The zero-order valence-corrected chi connectivity index (χ0v) is 24.2. The van der Waals surface area contributed by atoms with Gasteiger partial charge in [0.1, 0.15) is 34.4 Å². The van der Waals surface area contributed by atoms with Crippen LogP contribution in [0.5, 0.6) is 5.88 Å². The first-order valence-electron chi connectivity index (χ1n) is 13.1. The molecule has 11 nitrogen and oxygen atoms in total. The minimum atomic E-state index is -4.45. The minimum Gasteiger partial charge on any atom is -0.480 e. The highest BCUT2D eigenvalue weighted by Crippen LogP contribution is 2.33. The zero-order chi connectivity index (χ0) is 30.7. The first kappa shape index (κ1) is 29.8. The molecule has 0 aliphatic carbocycles. The summed E-state index contributed by atoms with van der Waals surface area (Å²) < 4.78 is 66.1. The number of aromatic nitrogens is 3. The summed E-state index contributed by atoms with van der Waals surface area (Å²) in [6.07, 6.45) is 2.99. The molecule has 43 heavy (non-hydrogen) atoms. The van der Waals surface area contributed by atoms with Crippen LogP contribution in [0.2, 0.25) is 0 Å². The lowest BCUT2D eigenvalue weighted by Gasteiger charge is -2.36. The number of carbonyl (C=O) groups excluding carboxylic acids is 1. The van der Waals surface area contributed by atoms with Gasteiger partial charge in [0.05, 0.1) is 19.2 Å². The van der Waals surface area contributed by atoms with Gasteiger partial charge in [-0.2, -0.15) is 0 Å². The first-order chi connectivity index (χ1) is 20.6. The number of fused-ring (bicyclic) bond motifs is 1. The van der Waals surface area contributed by atoms with Gasteiger partial charge in [-0.1, -0.05) is 12.6 Å². The molecule has 0 radical (unpaired) electrons. The molecule has 0 unspecified atom stereocenters. The molecular formula is C29H28F2N6O5S. The van der Waals surface area contributed by atoms with Crippen LogP contribution in [0, 0.1) is 11.6 Å². The number of hydrogen-bond acceptors (Lipinski definition) is 9. The molecule has 1 amide bonds. The first-order valence-corrected chi connectivity index (χ1v) is 14.6. The second-order valence-electron chi connectivity index (χ2n) is 9.71. The van der Waals surface area contributed by atoms with E-state index in [0.29, 0.717) is 60.3 Å². The summed E-state index contributed by atoms with van der Waals surface area (Å²) in [7, 11) is -1.61. The number of piperazine rings is 1. The number of anilines is 2. The van der Waals surface area contributed by atoms with E-state index in [1.54, 1.807) is 11.0 Å². The van der Waals surface area contributed by atoms with E-state index >= 15 is 0 Å². The van der Waals surface area contributed by atoms with Gasteiger partial charge >= 0.3 is 0 Å². The van der Waals surface area contributed by atoms with Crippen molar-refractivity contribution < 1.29 is 31.5 Å². The maximum absolute atomic E-state index is 14.3. The second-order valence-corrected chi connectivity index (χ2v) is 11.4. The number of pyridine rings is 1. The van der Waals surface area contributed by atoms with Crippen LogP contribution < -0.4 is 14.4 Å². The minimum absolute atomic E-state index is 0.0378. The Bertz CT molecular complexity index is 1810. The third kappa shape index (κ3) is 6.24. The summed E-state index contributed by atoms with van der Waals surface area (Å²) in [6, 6.07) is 9.17. The maximum Gasteiger partial charge on any atom is 0.264 e. The maximum atomic E-state index is 14.3. The van der Waals surface area contributed by atoms with E-state index in [1.165, 1.54) is 32.8 Å². The highest BCUT2D eigenvalue weighted by atomic mass is 32.2. The number of amides is 1. The molecule has 1 aliphatic rings. The topological polar surface area (TPSA) is 127 Å². The molecule has 0 bridgehead atoms. The molecule has 0 atom stereocenters. The van der Waals surface area contributed by atoms with Gasteiger partial charge in [0.25, 0.3) is 15.9 Å². The summed E-state index contributed by atoms with van der Waals surface area (Å²) in [4.78, 5) is 28.8. The van der Waals surface area contributed by atoms with E-state index in [1.807, 2.05) is 12.1 Å². The van der Waals surface area contributed by atoms with Crippen LogP contribution in [0.1, 0.15) is 0 Å². The molecule has 0 saturated carbocycles. The molecule has 2 aromatic carbocycles. The molecule has 1 fully saturated rings. The van der Waals surface area contributed by atoms with E-state index < -0.39 is 26.6 Å². The quantitative estimate of drug-likeness (QED) is 0.283. The second kappa shape index (κ2) is 12.3. The van der Waals surface area contributed by atoms with E-state index in [4.69, 9.17) is 9.47 Å². The molecule has 1 N–H and O–H groups in total. The molecule has 3 heterocycles. The molecule has 224 valence electrons. The summed E-state index contributed by atoms with van der Waals surface area (Å²) >= 11 is 0. The van der Waals surface area contributed by atoms with Crippen molar-refractivity contribution in [2.24, 2.45) is 0 Å². The highest BCUT2D eigenvalue weighted by Gasteiger charge is 2.25. The lowest BCUT2D eigenvalue weighted by molar-refractivity contribution is -0.127. The van der Waals surface area contributed by atoms with E-state index in [2.05, 4.69) is 31.2 Å². The molecule has 0 spiro atoms. The van der Waals surface area contributed by atoms with Crippen LogP contribution in [0.25, 0.3) is 22.0 Å². The fraction of sp³-hybridized carbons (Fsp3) is 0.241. The Morgan fingerprint density at radius 3 is 2.47 bits per heavy atom. The number of hydrogen-bond donors (Lipinski definition) is 1. The number of methoxy groups -OCH3 is 2. The average Bonchev–Trinajstić information content (AvgIpc) is 3.00. The lowest BCUT2D eigenvalue weighted by Crippen LogP contribution is -2.49. The third-order valence-corrected chi connectivity index (χ3v) is 8.31. The summed E-state index contributed by atoms with van der Waals surface area (Å²) in [5, 5.41) is 0.745.